The van der Waals surface area contributed by atoms with Gasteiger partial charge in [0.05, 0.1) is 31.7 Å². The minimum atomic E-state index is -0.890. The van der Waals surface area contributed by atoms with E-state index in [9.17, 15) is 9.59 Å². The molecule has 2 aliphatic heterocycles. The molecule has 1 N–H and O–H groups in total. The zero-order valence-corrected chi connectivity index (χ0v) is 13.1. The van der Waals surface area contributed by atoms with Crippen molar-refractivity contribution in [1.29, 1.82) is 0 Å². The van der Waals surface area contributed by atoms with E-state index in [4.69, 9.17) is 9.84 Å². The molecular formula is C15H26N2O4. The van der Waals surface area contributed by atoms with E-state index in [0.29, 0.717) is 31.8 Å². The first-order valence-electron chi connectivity index (χ1n) is 7.79. The van der Waals surface area contributed by atoms with Crippen LogP contribution in [-0.2, 0) is 14.3 Å². The molecule has 0 aromatic carbocycles. The summed E-state index contributed by atoms with van der Waals surface area (Å²) in [6.07, 6.45) is 2.17. The topological polar surface area (TPSA) is 70.1 Å². The molecule has 0 aromatic heterocycles. The van der Waals surface area contributed by atoms with Crippen LogP contribution in [0, 0.1) is 0 Å². The van der Waals surface area contributed by atoms with Crippen LogP contribution in [0.3, 0.4) is 0 Å². The van der Waals surface area contributed by atoms with E-state index in [1.165, 1.54) is 0 Å². The van der Waals surface area contributed by atoms with Crippen molar-refractivity contribution in [2.75, 3.05) is 19.8 Å². The van der Waals surface area contributed by atoms with E-state index >= 15 is 0 Å². The lowest BCUT2D eigenvalue weighted by Crippen LogP contribution is -2.57. The number of aliphatic carboxylic acids is 1. The molecule has 1 amide bonds. The average Bonchev–Trinajstić information content (AvgIpc) is 2.76. The van der Waals surface area contributed by atoms with Gasteiger partial charge in [0.2, 0.25) is 5.91 Å². The summed E-state index contributed by atoms with van der Waals surface area (Å²) < 4.78 is 5.34. The molecule has 4 unspecified atom stereocenters. The van der Waals surface area contributed by atoms with Crippen molar-refractivity contribution in [3.8, 4) is 0 Å². The van der Waals surface area contributed by atoms with Gasteiger partial charge in [-0.15, -0.1) is 0 Å². The Morgan fingerprint density at radius 2 is 1.90 bits per heavy atom. The summed E-state index contributed by atoms with van der Waals surface area (Å²) in [5.41, 5.74) is 0. The number of carboxylic acids is 1. The van der Waals surface area contributed by atoms with E-state index in [1.807, 2.05) is 6.92 Å². The quantitative estimate of drug-likeness (QED) is 0.837. The Morgan fingerprint density at radius 3 is 2.48 bits per heavy atom. The third-order valence-corrected chi connectivity index (χ3v) is 4.75. The molecule has 2 rings (SSSR count). The number of hydrogen-bond acceptors (Lipinski definition) is 4. The van der Waals surface area contributed by atoms with Crippen molar-refractivity contribution in [2.24, 2.45) is 0 Å². The molecule has 0 bridgehead atoms. The van der Waals surface area contributed by atoms with Gasteiger partial charge in [0.1, 0.15) is 0 Å². The van der Waals surface area contributed by atoms with Crippen LogP contribution in [0.5, 0.6) is 0 Å². The number of amides is 1. The number of likely N-dealkylation sites (tertiary alicyclic amines) is 1. The van der Waals surface area contributed by atoms with Crippen molar-refractivity contribution in [2.45, 2.75) is 64.2 Å². The highest BCUT2D eigenvalue weighted by atomic mass is 16.5. The number of carboxylic acid groups (broad SMARTS) is 1. The zero-order valence-electron chi connectivity index (χ0n) is 13.1. The van der Waals surface area contributed by atoms with Gasteiger partial charge >= 0.3 is 5.97 Å². The number of rotatable bonds is 4. The SMILES string of the molecule is CC1CCC(C)N1C(C)C(=O)N1CCOCC1CC(=O)O. The maximum Gasteiger partial charge on any atom is 0.305 e. The fourth-order valence-corrected chi connectivity index (χ4v) is 3.66. The van der Waals surface area contributed by atoms with E-state index in [-0.39, 0.29) is 24.4 Å². The third-order valence-electron chi connectivity index (χ3n) is 4.75. The van der Waals surface area contributed by atoms with Crippen molar-refractivity contribution < 1.29 is 19.4 Å². The molecule has 21 heavy (non-hydrogen) atoms. The lowest BCUT2D eigenvalue weighted by Gasteiger charge is -2.40. The molecule has 2 heterocycles. The molecule has 6 nitrogen and oxygen atoms in total. The van der Waals surface area contributed by atoms with Gasteiger partial charge in [-0.1, -0.05) is 0 Å². The Labute approximate surface area is 126 Å². The second-order valence-corrected chi connectivity index (χ2v) is 6.26. The number of nitrogens with zero attached hydrogens (tertiary/aromatic N) is 2. The molecule has 120 valence electrons. The summed E-state index contributed by atoms with van der Waals surface area (Å²) in [5.74, 6) is -0.857. The smallest absolute Gasteiger partial charge is 0.305 e. The fourth-order valence-electron chi connectivity index (χ4n) is 3.66. The van der Waals surface area contributed by atoms with E-state index in [1.54, 1.807) is 4.90 Å². The lowest BCUT2D eigenvalue weighted by molar-refractivity contribution is -0.150. The van der Waals surface area contributed by atoms with Gasteiger partial charge in [0.15, 0.2) is 0 Å². The highest BCUT2D eigenvalue weighted by molar-refractivity contribution is 5.82. The Balaban J connectivity index is 2.07. The molecule has 0 radical (unpaired) electrons. The molecule has 2 saturated heterocycles. The summed E-state index contributed by atoms with van der Waals surface area (Å²) in [6, 6.07) is 0.252. The number of hydrogen-bond donors (Lipinski definition) is 1. The van der Waals surface area contributed by atoms with Crippen molar-refractivity contribution >= 4 is 11.9 Å². The predicted molar refractivity (Wildman–Crippen MR) is 78.0 cm³/mol. The summed E-state index contributed by atoms with van der Waals surface area (Å²) in [5, 5.41) is 9.00. The standard InChI is InChI=1S/C15H26N2O4/c1-10-4-5-11(2)17(10)12(3)15(20)16-6-7-21-9-13(16)8-14(18)19/h10-13H,4-9H2,1-3H3,(H,18,19). The van der Waals surface area contributed by atoms with Crippen LogP contribution in [0.4, 0.5) is 0 Å². The molecule has 0 saturated carbocycles. The maximum absolute atomic E-state index is 12.8. The first kappa shape index (κ1) is 16.2. The summed E-state index contributed by atoms with van der Waals surface area (Å²) in [4.78, 5) is 27.7. The zero-order chi connectivity index (χ0) is 15.6. The van der Waals surface area contributed by atoms with Crippen LogP contribution in [0.2, 0.25) is 0 Å². The molecular weight excluding hydrogens is 272 g/mol. The summed E-state index contributed by atoms with van der Waals surface area (Å²) >= 11 is 0. The van der Waals surface area contributed by atoms with Gasteiger partial charge in [-0.25, -0.2) is 0 Å². The minimum Gasteiger partial charge on any atom is -0.481 e. The van der Waals surface area contributed by atoms with Gasteiger partial charge in [-0.3, -0.25) is 14.5 Å². The van der Waals surface area contributed by atoms with Gasteiger partial charge in [-0.05, 0) is 33.6 Å². The second-order valence-electron chi connectivity index (χ2n) is 6.26. The number of carbonyl (C=O) groups excluding carboxylic acids is 1. The first-order chi connectivity index (χ1) is 9.91. The maximum atomic E-state index is 12.8. The molecule has 0 spiro atoms. The molecule has 2 aliphatic rings. The second kappa shape index (κ2) is 6.75. The van der Waals surface area contributed by atoms with Crippen molar-refractivity contribution in [3.05, 3.63) is 0 Å². The Morgan fingerprint density at radius 1 is 1.29 bits per heavy atom. The largest absolute Gasteiger partial charge is 0.481 e. The van der Waals surface area contributed by atoms with Crippen LogP contribution in [-0.4, -0.2) is 70.7 Å². The van der Waals surface area contributed by atoms with Crippen LogP contribution >= 0.6 is 0 Å². The van der Waals surface area contributed by atoms with Gasteiger partial charge in [0.25, 0.3) is 0 Å². The minimum absolute atomic E-state index is 0.0325. The fraction of sp³-hybridized carbons (Fsp3) is 0.867. The number of ether oxygens (including phenoxy) is 1. The van der Waals surface area contributed by atoms with E-state index in [2.05, 4.69) is 18.7 Å². The summed E-state index contributed by atoms with van der Waals surface area (Å²) in [7, 11) is 0. The number of morpholine rings is 1. The van der Waals surface area contributed by atoms with Crippen LogP contribution in [0.1, 0.15) is 40.0 Å². The van der Waals surface area contributed by atoms with Crippen molar-refractivity contribution in [1.82, 2.24) is 9.80 Å². The first-order valence-corrected chi connectivity index (χ1v) is 7.79. The molecule has 6 heteroatoms. The van der Waals surface area contributed by atoms with E-state index in [0.717, 1.165) is 12.8 Å². The van der Waals surface area contributed by atoms with Crippen molar-refractivity contribution in [3.63, 3.8) is 0 Å². The average molecular weight is 298 g/mol. The Hall–Kier alpha value is -1.14. The summed E-state index contributed by atoms with van der Waals surface area (Å²) in [6.45, 7) is 7.53. The van der Waals surface area contributed by atoms with Gasteiger partial charge in [0, 0.05) is 18.6 Å². The normalized spacial score (nSPS) is 32.1. The van der Waals surface area contributed by atoms with E-state index < -0.39 is 5.97 Å². The van der Waals surface area contributed by atoms with Gasteiger partial charge < -0.3 is 14.7 Å². The van der Waals surface area contributed by atoms with Crippen LogP contribution in [0.25, 0.3) is 0 Å². The molecule has 2 fully saturated rings. The monoisotopic (exact) mass is 298 g/mol. The third kappa shape index (κ3) is 3.55. The number of carbonyl (C=O) groups is 2. The van der Waals surface area contributed by atoms with Crippen LogP contribution < -0.4 is 0 Å². The highest BCUT2D eigenvalue weighted by Crippen LogP contribution is 2.27. The molecule has 4 atom stereocenters. The van der Waals surface area contributed by atoms with Crippen LogP contribution in [0.15, 0.2) is 0 Å². The predicted octanol–water partition coefficient (Wildman–Crippen LogP) is 0.950. The van der Waals surface area contributed by atoms with Gasteiger partial charge in [-0.2, -0.15) is 0 Å². The molecule has 0 aliphatic carbocycles. The lowest BCUT2D eigenvalue weighted by atomic mass is 10.1. The Kier molecular flexibility index (Phi) is 5.22. The molecule has 0 aromatic rings. The highest BCUT2D eigenvalue weighted by Gasteiger charge is 2.38. The Bertz CT molecular complexity index is 391.